The van der Waals surface area contributed by atoms with Crippen LogP contribution in [0.15, 0.2) is 54.6 Å². The van der Waals surface area contributed by atoms with E-state index in [9.17, 15) is 9.59 Å². The van der Waals surface area contributed by atoms with Gasteiger partial charge in [0.15, 0.2) is 0 Å². The van der Waals surface area contributed by atoms with Crippen LogP contribution in [-0.4, -0.2) is 19.0 Å². The number of esters is 1. The maximum atomic E-state index is 11.8. The van der Waals surface area contributed by atoms with Crippen LogP contribution in [0.2, 0.25) is 0 Å². The van der Waals surface area contributed by atoms with Crippen LogP contribution in [0, 0.1) is 6.92 Å². The van der Waals surface area contributed by atoms with Gasteiger partial charge >= 0.3 is 5.97 Å². The van der Waals surface area contributed by atoms with Crippen molar-refractivity contribution in [3.05, 3.63) is 76.9 Å². The quantitative estimate of drug-likeness (QED) is 0.682. The molecule has 1 N–H and O–H groups in total. The van der Waals surface area contributed by atoms with Crippen LogP contribution in [0.3, 0.4) is 0 Å². The number of nitrogens with one attached hydrogen (secondary N) is 1. The fourth-order valence-corrected chi connectivity index (χ4v) is 2.07. The summed E-state index contributed by atoms with van der Waals surface area (Å²) >= 11 is 0. The van der Waals surface area contributed by atoms with Gasteiger partial charge in [-0.3, -0.25) is 4.79 Å². The monoisotopic (exact) mass is 309 g/mol. The van der Waals surface area contributed by atoms with E-state index in [4.69, 9.17) is 0 Å². The van der Waals surface area contributed by atoms with Gasteiger partial charge in [-0.2, -0.15) is 0 Å². The number of hydrogen-bond donors (Lipinski definition) is 1. The Hall–Kier alpha value is -2.88. The first-order valence-electron chi connectivity index (χ1n) is 7.28. The number of ether oxygens (including phenoxy) is 1. The molecule has 0 bridgehead atoms. The minimum atomic E-state index is -0.373. The molecule has 0 radical (unpaired) electrons. The van der Waals surface area contributed by atoms with Crippen molar-refractivity contribution in [3.8, 4) is 0 Å². The molecule has 2 rings (SSSR count). The summed E-state index contributed by atoms with van der Waals surface area (Å²) in [4.78, 5) is 23.2. The van der Waals surface area contributed by atoms with Crippen LogP contribution in [0.4, 0.5) is 0 Å². The SMILES string of the molecule is COC(=O)c1ccc(CNC(=O)/C=C/c2cccc(C)c2)cc1. The number of hydrogen-bond acceptors (Lipinski definition) is 3. The average Bonchev–Trinajstić information content (AvgIpc) is 2.58. The number of rotatable bonds is 5. The molecule has 0 aromatic heterocycles. The molecule has 2 aromatic rings. The molecule has 2 aromatic carbocycles. The van der Waals surface area contributed by atoms with Crippen LogP contribution in [0.1, 0.15) is 27.0 Å². The lowest BCUT2D eigenvalue weighted by molar-refractivity contribution is -0.116. The summed E-state index contributed by atoms with van der Waals surface area (Å²) < 4.78 is 4.64. The molecule has 0 aliphatic rings. The lowest BCUT2D eigenvalue weighted by atomic mass is 10.1. The first-order chi connectivity index (χ1) is 11.1. The van der Waals surface area contributed by atoms with Crippen molar-refractivity contribution in [1.29, 1.82) is 0 Å². The van der Waals surface area contributed by atoms with Crippen LogP contribution < -0.4 is 5.32 Å². The van der Waals surface area contributed by atoms with Gasteiger partial charge in [-0.25, -0.2) is 4.79 Å². The second-order valence-electron chi connectivity index (χ2n) is 5.15. The van der Waals surface area contributed by atoms with Crippen LogP contribution >= 0.6 is 0 Å². The smallest absolute Gasteiger partial charge is 0.337 e. The zero-order chi connectivity index (χ0) is 16.7. The van der Waals surface area contributed by atoms with Gasteiger partial charge in [0.1, 0.15) is 0 Å². The summed E-state index contributed by atoms with van der Waals surface area (Å²) in [5, 5.41) is 2.80. The Kier molecular flexibility index (Phi) is 5.69. The summed E-state index contributed by atoms with van der Waals surface area (Å²) in [6, 6.07) is 14.8. The molecule has 0 atom stereocenters. The predicted molar refractivity (Wildman–Crippen MR) is 89.8 cm³/mol. The predicted octanol–water partition coefficient (Wildman–Crippen LogP) is 3.11. The molecule has 23 heavy (non-hydrogen) atoms. The van der Waals surface area contributed by atoms with Crippen molar-refractivity contribution < 1.29 is 14.3 Å². The lowest BCUT2D eigenvalue weighted by Crippen LogP contribution is -2.20. The van der Waals surface area contributed by atoms with Crippen molar-refractivity contribution in [2.75, 3.05) is 7.11 Å². The van der Waals surface area contributed by atoms with Gasteiger partial charge in [0.2, 0.25) is 5.91 Å². The van der Waals surface area contributed by atoms with E-state index in [1.165, 1.54) is 13.2 Å². The lowest BCUT2D eigenvalue weighted by Gasteiger charge is -2.04. The van der Waals surface area contributed by atoms with Crippen molar-refractivity contribution in [3.63, 3.8) is 0 Å². The first-order valence-corrected chi connectivity index (χ1v) is 7.28. The molecule has 0 saturated heterocycles. The Balaban J connectivity index is 1.88. The van der Waals surface area contributed by atoms with Crippen LogP contribution in [-0.2, 0) is 16.1 Å². The van der Waals surface area contributed by atoms with Crippen molar-refractivity contribution >= 4 is 18.0 Å². The molecular formula is C19H19NO3. The van der Waals surface area contributed by atoms with E-state index in [1.54, 1.807) is 30.3 Å². The largest absolute Gasteiger partial charge is 0.465 e. The highest BCUT2D eigenvalue weighted by atomic mass is 16.5. The number of aryl methyl sites for hydroxylation is 1. The molecule has 0 aliphatic carbocycles. The summed E-state index contributed by atoms with van der Waals surface area (Å²) in [5.41, 5.74) is 3.54. The minimum Gasteiger partial charge on any atom is -0.465 e. The molecule has 0 spiro atoms. The third-order valence-electron chi connectivity index (χ3n) is 3.31. The molecule has 0 heterocycles. The third kappa shape index (κ3) is 5.11. The Morgan fingerprint density at radius 2 is 1.87 bits per heavy atom. The van der Waals surface area contributed by atoms with Gasteiger partial charge in [0.25, 0.3) is 0 Å². The van der Waals surface area contributed by atoms with Crippen molar-refractivity contribution in [2.24, 2.45) is 0 Å². The molecule has 0 saturated carbocycles. The van der Waals surface area contributed by atoms with Gasteiger partial charge in [0, 0.05) is 12.6 Å². The summed E-state index contributed by atoms with van der Waals surface area (Å²) in [6.45, 7) is 2.41. The third-order valence-corrected chi connectivity index (χ3v) is 3.31. The molecule has 0 fully saturated rings. The number of carbonyl (C=O) groups excluding carboxylic acids is 2. The maximum absolute atomic E-state index is 11.8. The van der Waals surface area contributed by atoms with Crippen LogP contribution in [0.25, 0.3) is 6.08 Å². The van der Waals surface area contributed by atoms with E-state index in [1.807, 2.05) is 31.2 Å². The topological polar surface area (TPSA) is 55.4 Å². The van der Waals surface area contributed by atoms with E-state index >= 15 is 0 Å². The number of benzene rings is 2. The molecule has 0 aliphatic heterocycles. The second kappa shape index (κ2) is 7.94. The number of amides is 1. The Labute approximate surface area is 135 Å². The maximum Gasteiger partial charge on any atom is 0.337 e. The number of methoxy groups -OCH3 is 1. The normalized spacial score (nSPS) is 10.5. The van der Waals surface area contributed by atoms with Gasteiger partial charge in [0.05, 0.1) is 12.7 Å². The fraction of sp³-hybridized carbons (Fsp3) is 0.158. The number of carbonyl (C=O) groups is 2. The standard InChI is InChI=1S/C19H19NO3/c1-14-4-3-5-15(12-14)8-11-18(21)20-13-16-6-9-17(10-7-16)19(22)23-2/h3-12H,13H2,1-2H3,(H,20,21)/b11-8+. The highest BCUT2D eigenvalue weighted by Crippen LogP contribution is 2.07. The Morgan fingerprint density at radius 3 is 2.52 bits per heavy atom. The van der Waals surface area contributed by atoms with Crippen LogP contribution in [0.5, 0.6) is 0 Å². The summed E-state index contributed by atoms with van der Waals surface area (Å²) in [6.07, 6.45) is 3.29. The average molecular weight is 309 g/mol. The second-order valence-corrected chi connectivity index (χ2v) is 5.15. The van der Waals surface area contributed by atoms with E-state index in [0.717, 1.165) is 16.7 Å². The zero-order valence-corrected chi connectivity index (χ0v) is 13.2. The van der Waals surface area contributed by atoms with Gasteiger partial charge < -0.3 is 10.1 Å². The van der Waals surface area contributed by atoms with E-state index in [2.05, 4.69) is 10.1 Å². The molecule has 4 nitrogen and oxygen atoms in total. The minimum absolute atomic E-state index is 0.163. The van der Waals surface area contributed by atoms with Crippen molar-refractivity contribution in [1.82, 2.24) is 5.32 Å². The molecule has 1 amide bonds. The van der Waals surface area contributed by atoms with Gasteiger partial charge in [-0.05, 0) is 36.3 Å². The fourth-order valence-electron chi connectivity index (χ4n) is 2.07. The molecule has 4 heteroatoms. The molecule has 118 valence electrons. The molecular weight excluding hydrogens is 290 g/mol. The highest BCUT2D eigenvalue weighted by molar-refractivity contribution is 5.91. The Bertz CT molecular complexity index is 718. The van der Waals surface area contributed by atoms with E-state index < -0.39 is 0 Å². The van der Waals surface area contributed by atoms with Crippen molar-refractivity contribution in [2.45, 2.75) is 13.5 Å². The highest BCUT2D eigenvalue weighted by Gasteiger charge is 2.04. The van der Waals surface area contributed by atoms with Gasteiger partial charge in [-0.1, -0.05) is 42.0 Å². The van der Waals surface area contributed by atoms with E-state index in [-0.39, 0.29) is 11.9 Å². The zero-order valence-electron chi connectivity index (χ0n) is 13.2. The summed E-state index contributed by atoms with van der Waals surface area (Å²) in [5.74, 6) is -0.537. The molecule has 0 unspecified atom stereocenters. The Morgan fingerprint density at radius 1 is 1.13 bits per heavy atom. The van der Waals surface area contributed by atoms with E-state index in [0.29, 0.717) is 12.1 Å². The van der Waals surface area contributed by atoms with Gasteiger partial charge in [-0.15, -0.1) is 0 Å². The first kappa shape index (κ1) is 16.5. The summed E-state index contributed by atoms with van der Waals surface area (Å²) in [7, 11) is 1.34.